The third-order valence-electron chi connectivity index (χ3n) is 6.50. The number of carbonyl (C=O) groups excluding carboxylic acids is 1. The van der Waals surface area contributed by atoms with Gasteiger partial charge in [0, 0.05) is 30.9 Å². The van der Waals surface area contributed by atoms with Crippen LogP contribution in [0.15, 0.2) is 59.6 Å². The number of carbonyl (C=O) groups is 1. The summed E-state index contributed by atoms with van der Waals surface area (Å²) < 4.78 is 33.4. The fourth-order valence-electron chi connectivity index (χ4n) is 4.34. The van der Waals surface area contributed by atoms with Crippen LogP contribution < -0.4 is 14.2 Å². The number of pyridine rings is 1. The maximum Gasteiger partial charge on any atom is 0.231 e. The molecule has 7 nitrogen and oxygen atoms in total. The Hall–Kier alpha value is -2.91. The van der Waals surface area contributed by atoms with Gasteiger partial charge in [0.25, 0.3) is 0 Å². The molecule has 0 saturated heterocycles. The molecule has 1 aliphatic carbocycles. The van der Waals surface area contributed by atoms with Gasteiger partial charge in [0.2, 0.25) is 6.79 Å². The maximum atomic E-state index is 13.3. The van der Waals surface area contributed by atoms with Crippen molar-refractivity contribution in [2.45, 2.75) is 36.5 Å². The minimum Gasteiger partial charge on any atom is -0.454 e. The van der Waals surface area contributed by atoms with E-state index in [0.717, 1.165) is 46.5 Å². The zero-order chi connectivity index (χ0) is 23.2. The molecule has 8 heteroatoms. The van der Waals surface area contributed by atoms with Crippen LogP contribution in [0.5, 0.6) is 11.5 Å². The summed E-state index contributed by atoms with van der Waals surface area (Å²) in [6.07, 6.45) is 3.72. The Morgan fingerprint density at radius 2 is 1.82 bits per heavy atom. The SMILES string of the molecule is CNS(O)(O)c1ccc(-c2cnc(CC(=O)C3(c4ccc5c(c4)OCO5)CC3)cc2C)cc1. The molecule has 2 aliphatic rings. The molecule has 0 unspecified atom stereocenters. The van der Waals surface area contributed by atoms with E-state index < -0.39 is 16.2 Å². The summed E-state index contributed by atoms with van der Waals surface area (Å²) in [6.45, 7) is 2.21. The highest BCUT2D eigenvalue weighted by Gasteiger charge is 2.51. The van der Waals surface area contributed by atoms with Crippen molar-refractivity contribution in [3.05, 3.63) is 71.5 Å². The predicted molar refractivity (Wildman–Crippen MR) is 127 cm³/mol. The number of nitrogens with one attached hydrogen (secondary N) is 1. The molecule has 0 amide bonds. The number of nitrogens with zero attached hydrogens (tertiary/aromatic N) is 1. The molecular formula is C25H26N2O5S. The number of rotatable bonds is 7. The molecule has 1 aliphatic heterocycles. The molecule has 0 spiro atoms. The standard InChI is InChI=1S/C25H26N2O5S/c1-16-11-19(27-14-21(16)17-3-6-20(7-4-17)33(29,30)26-2)13-24(28)25(9-10-25)18-5-8-22-23(12-18)32-15-31-22/h3-8,11-12,14,26,29-30H,9-10,13,15H2,1-2H3. The number of ether oxygens (including phenoxy) is 2. The predicted octanol–water partition coefficient (Wildman–Crippen LogP) is 4.87. The Labute approximate surface area is 194 Å². The molecule has 2 heterocycles. The second-order valence-electron chi connectivity index (χ2n) is 8.52. The van der Waals surface area contributed by atoms with E-state index in [4.69, 9.17) is 9.47 Å². The average Bonchev–Trinajstić information content (AvgIpc) is 3.50. The first kappa shape index (κ1) is 21.9. The van der Waals surface area contributed by atoms with Crippen LogP contribution in [0.1, 0.15) is 29.7 Å². The fourth-order valence-corrected chi connectivity index (χ4v) is 5.09. The first-order chi connectivity index (χ1) is 15.8. The molecule has 1 aromatic heterocycles. The Balaban J connectivity index is 1.33. The Morgan fingerprint density at radius 1 is 1.09 bits per heavy atom. The van der Waals surface area contributed by atoms with E-state index in [1.807, 2.05) is 43.3 Å². The van der Waals surface area contributed by atoms with E-state index in [-0.39, 0.29) is 19.0 Å². The van der Waals surface area contributed by atoms with E-state index in [9.17, 15) is 13.9 Å². The number of benzene rings is 2. The fraction of sp³-hybridized carbons (Fsp3) is 0.280. The second kappa shape index (κ2) is 8.14. The molecular weight excluding hydrogens is 440 g/mol. The molecule has 33 heavy (non-hydrogen) atoms. The van der Waals surface area contributed by atoms with Crippen LogP contribution in [0.2, 0.25) is 0 Å². The maximum absolute atomic E-state index is 13.3. The molecule has 5 rings (SSSR count). The van der Waals surface area contributed by atoms with Gasteiger partial charge >= 0.3 is 0 Å². The summed E-state index contributed by atoms with van der Waals surface area (Å²) in [7, 11) is -1.47. The van der Waals surface area contributed by atoms with Gasteiger partial charge in [-0.1, -0.05) is 18.2 Å². The first-order valence-electron chi connectivity index (χ1n) is 10.8. The number of hydrogen-bond acceptors (Lipinski definition) is 7. The molecule has 1 saturated carbocycles. The number of aromatic nitrogens is 1. The highest BCUT2D eigenvalue weighted by atomic mass is 32.3. The lowest BCUT2D eigenvalue weighted by atomic mass is 9.88. The number of ketones is 1. The zero-order valence-corrected chi connectivity index (χ0v) is 19.3. The highest BCUT2D eigenvalue weighted by Crippen LogP contribution is 2.51. The second-order valence-corrected chi connectivity index (χ2v) is 10.5. The molecule has 3 aromatic rings. The summed E-state index contributed by atoms with van der Waals surface area (Å²) >= 11 is 0. The van der Waals surface area contributed by atoms with Gasteiger partial charge in [-0.2, -0.15) is 0 Å². The van der Waals surface area contributed by atoms with Crippen molar-refractivity contribution in [2.24, 2.45) is 0 Å². The van der Waals surface area contributed by atoms with Crippen LogP contribution in [0.3, 0.4) is 0 Å². The van der Waals surface area contributed by atoms with Gasteiger partial charge in [0.1, 0.15) is 5.78 Å². The van der Waals surface area contributed by atoms with Crippen molar-refractivity contribution in [1.82, 2.24) is 9.71 Å². The van der Waals surface area contributed by atoms with Crippen molar-refractivity contribution in [3.8, 4) is 22.6 Å². The first-order valence-corrected chi connectivity index (χ1v) is 12.3. The smallest absolute Gasteiger partial charge is 0.231 e. The molecule has 0 atom stereocenters. The topological polar surface area (TPSA) is 101 Å². The lowest BCUT2D eigenvalue weighted by molar-refractivity contribution is -0.120. The van der Waals surface area contributed by atoms with Gasteiger partial charge in [-0.25, -0.2) is 4.72 Å². The molecule has 0 bridgehead atoms. The molecule has 3 N–H and O–H groups in total. The summed E-state index contributed by atoms with van der Waals surface area (Å²) in [4.78, 5) is 18.3. The van der Waals surface area contributed by atoms with Gasteiger partial charge in [-0.15, -0.1) is 10.8 Å². The van der Waals surface area contributed by atoms with Crippen LogP contribution in [0, 0.1) is 6.92 Å². The Bertz CT molecular complexity index is 1220. The van der Waals surface area contributed by atoms with E-state index >= 15 is 0 Å². The Morgan fingerprint density at radius 3 is 2.48 bits per heavy atom. The van der Waals surface area contributed by atoms with Crippen LogP contribution in [0.25, 0.3) is 11.1 Å². The third kappa shape index (κ3) is 4.00. The number of Topliss-reactive ketones (excluding diaryl/α,β-unsaturated/α-hetero) is 1. The summed E-state index contributed by atoms with van der Waals surface area (Å²) in [5.74, 6) is 1.59. The van der Waals surface area contributed by atoms with Crippen LogP contribution in [0.4, 0.5) is 0 Å². The zero-order valence-electron chi connectivity index (χ0n) is 18.5. The van der Waals surface area contributed by atoms with Gasteiger partial charge in [-0.05, 0) is 66.8 Å². The van der Waals surface area contributed by atoms with Crippen molar-refractivity contribution in [2.75, 3.05) is 13.8 Å². The van der Waals surface area contributed by atoms with Crippen molar-refractivity contribution < 1.29 is 23.4 Å². The van der Waals surface area contributed by atoms with Crippen LogP contribution >= 0.6 is 10.8 Å². The van der Waals surface area contributed by atoms with Crippen molar-refractivity contribution in [1.29, 1.82) is 0 Å². The Kier molecular flexibility index (Phi) is 5.41. The lowest BCUT2D eigenvalue weighted by Gasteiger charge is -2.31. The van der Waals surface area contributed by atoms with Gasteiger partial charge < -0.3 is 9.47 Å². The third-order valence-corrected chi connectivity index (χ3v) is 8.00. The van der Waals surface area contributed by atoms with E-state index in [0.29, 0.717) is 10.6 Å². The molecule has 172 valence electrons. The van der Waals surface area contributed by atoms with E-state index in [1.165, 1.54) is 7.05 Å². The largest absolute Gasteiger partial charge is 0.454 e. The summed E-state index contributed by atoms with van der Waals surface area (Å²) in [6, 6.07) is 14.8. The molecule has 0 radical (unpaired) electrons. The van der Waals surface area contributed by atoms with Gasteiger partial charge in [0.05, 0.1) is 10.3 Å². The number of aryl methyl sites for hydroxylation is 1. The number of fused-ring (bicyclic) bond motifs is 1. The van der Waals surface area contributed by atoms with E-state index in [1.54, 1.807) is 18.3 Å². The molecule has 2 aromatic carbocycles. The lowest BCUT2D eigenvalue weighted by Crippen LogP contribution is -2.23. The van der Waals surface area contributed by atoms with Crippen molar-refractivity contribution in [3.63, 3.8) is 0 Å². The monoisotopic (exact) mass is 466 g/mol. The van der Waals surface area contributed by atoms with E-state index in [2.05, 4.69) is 9.71 Å². The van der Waals surface area contributed by atoms with Gasteiger partial charge in [0.15, 0.2) is 11.5 Å². The van der Waals surface area contributed by atoms with Crippen LogP contribution in [-0.4, -0.2) is 33.7 Å². The van der Waals surface area contributed by atoms with Gasteiger partial charge in [-0.3, -0.25) is 18.9 Å². The summed E-state index contributed by atoms with van der Waals surface area (Å²) in [5, 5.41) is 0. The molecule has 1 fully saturated rings. The van der Waals surface area contributed by atoms with Crippen molar-refractivity contribution >= 4 is 16.6 Å². The normalized spacial score (nSPS) is 16.5. The quantitative estimate of drug-likeness (QED) is 0.456. The number of hydrogen-bond donors (Lipinski definition) is 3. The minimum absolute atomic E-state index is 0.169. The average molecular weight is 467 g/mol. The summed E-state index contributed by atoms with van der Waals surface area (Å²) in [5.41, 5.74) is 4.14. The van der Waals surface area contributed by atoms with Crippen LogP contribution in [-0.2, 0) is 16.6 Å². The highest BCUT2D eigenvalue weighted by molar-refractivity contribution is 8.22. The minimum atomic E-state index is -2.98.